The summed E-state index contributed by atoms with van der Waals surface area (Å²) in [5, 5.41) is 13.7. The van der Waals surface area contributed by atoms with Crippen molar-refractivity contribution in [3.05, 3.63) is 35.9 Å². The standard InChI is InChI=1S/C25H43NO3Si/c1-18(2)21-15-14-19(3)16-25(21,29-30(7,8)24(4,5)6)23(28)26-17-22(27)20-12-10-9-11-13-20/h9-13,18-19,21-22,27H,14-17H2,1-8H3,(H,26,28)/t19-,21+,22-,25+/m1/s1. The van der Waals surface area contributed by atoms with E-state index in [0.29, 0.717) is 11.8 Å². The second kappa shape index (κ2) is 9.54. The molecule has 30 heavy (non-hydrogen) atoms. The van der Waals surface area contributed by atoms with Crippen molar-refractivity contribution in [2.75, 3.05) is 6.54 Å². The van der Waals surface area contributed by atoms with Crippen LogP contribution in [0.4, 0.5) is 0 Å². The van der Waals surface area contributed by atoms with Gasteiger partial charge in [-0.05, 0) is 54.3 Å². The van der Waals surface area contributed by atoms with Crippen LogP contribution in [-0.4, -0.2) is 31.5 Å². The molecule has 1 saturated carbocycles. The normalized spacial score (nSPS) is 26.5. The minimum absolute atomic E-state index is 0.0199. The van der Waals surface area contributed by atoms with Gasteiger partial charge in [0.05, 0.1) is 6.10 Å². The molecule has 4 nitrogen and oxygen atoms in total. The first kappa shape index (κ1) is 25.1. The first-order chi connectivity index (χ1) is 13.8. The minimum Gasteiger partial charge on any atom is -0.402 e. The van der Waals surface area contributed by atoms with Gasteiger partial charge in [0, 0.05) is 6.54 Å². The van der Waals surface area contributed by atoms with Crippen molar-refractivity contribution in [2.24, 2.45) is 17.8 Å². The Morgan fingerprint density at radius 1 is 1.23 bits per heavy atom. The Kier molecular flexibility index (Phi) is 7.98. The summed E-state index contributed by atoms with van der Waals surface area (Å²) in [6, 6.07) is 9.50. The van der Waals surface area contributed by atoms with Crippen molar-refractivity contribution in [1.29, 1.82) is 0 Å². The fourth-order valence-corrected chi connectivity index (χ4v) is 6.05. The largest absolute Gasteiger partial charge is 0.402 e. The minimum atomic E-state index is -2.19. The van der Waals surface area contributed by atoms with Crippen LogP contribution in [0.1, 0.15) is 72.5 Å². The fraction of sp³-hybridized carbons (Fsp3) is 0.720. The van der Waals surface area contributed by atoms with E-state index in [0.717, 1.165) is 24.8 Å². The van der Waals surface area contributed by atoms with Gasteiger partial charge in [-0.15, -0.1) is 0 Å². The molecule has 0 aliphatic heterocycles. The van der Waals surface area contributed by atoms with E-state index in [2.05, 4.69) is 60.0 Å². The van der Waals surface area contributed by atoms with Crippen LogP contribution in [0.15, 0.2) is 30.3 Å². The topological polar surface area (TPSA) is 58.6 Å². The molecule has 0 bridgehead atoms. The number of benzene rings is 1. The van der Waals surface area contributed by atoms with E-state index in [1.54, 1.807) is 0 Å². The van der Waals surface area contributed by atoms with Gasteiger partial charge in [0.1, 0.15) is 5.60 Å². The Balaban J connectivity index is 2.33. The van der Waals surface area contributed by atoms with Gasteiger partial charge in [-0.1, -0.05) is 78.3 Å². The molecule has 2 N–H and O–H groups in total. The Morgan fingerprint density at radius 3 is 2.37 bits per heavy atom. The monoisotopic (exact) mass is 433 g/mol. The lowest BCUT2D eigenvalue weighted by molar-refractivity contribution is -0.153. The van der Waals surface area contributed by atoms with Gasteiger partial charge >= 0.3 is 0 Å². The molecule has 1 aliphatic rings. The summed E-state index contributed by atoms with van der Waals surface area (Å²) in [5.74, 6) is 0.922. The molecule has 0 saturated heterocycles. The zero-order chi connectivity index (χ0) is 22.7. The van der Waals surface area contributed by atoms with Gasteiger partial charge in [0.15, 0.2) is 8.32 Å². The number of carbonyl (C=O) groups excluding carboxylic acids is 1. The van der Waals surface area contributed by atoms with E-state index < -0.39 is 20.0 Å². The molecule has 1 fully saturated rings. The zero-order valence-corrected chi connectivity index (χ0v) is 21.3. The summed E-state index contributed by atoms with van der Waals surface area (Å²) >= 11 is 0. The van der Waals surface area contributed by atoms with Gasteiger partial charge in [-0.2, -0.15) is 0 Å². The van der Waals surface area contributed by atoms with Crippen molar-refractivity contribution < 1.29 is 14.3 Å². The van der Waals surface area contributed by atoms with Gasteiger partial charge in [0.25, 0.3) is 5.91 Å². The van der Waals surface area contributed by atoms with Crippen LogP contribution in [0.3, 0.4) is 0 Å². The molecular formula is C25H43NO3Si. The maximum atomic E-state index is 13.8. The molecule has 1 aromatic rings. The maximum absolute atomic E-state index is 13.8. The van der Waals surface area contributed by atoms with Gasteiger partial charge in [-0.25, -0.2) is 0 Å². The second-order valence-corrected chi connectivity index (χ2v) is 15.9. The first-order valence-corrected chi connectivity index (χ1v) is 14.4. The van der Waals surface area contributed by atoms with Crippen LogP contribution in [0.5, 0.6) is 0 Å². The first-order valence-electron chi connectivity index (χ1n) is 11.5. The average molecular weight is 434 g/mol. The zero-order valence-electron chi connectivity index (χ0n) is 20.3. The highest BCUT2D eigenvalue weighted by molar-refractivity contribution is 6.74. The third-order valence-electron chi connectivity index (χ3n) is 7.29. The van der Waals surface area contributed by atoms with Crippen LogP contribution in [0.2, 0.25) is 18.1 Å². The Morgan fingerprint density at radius 2 is 1.83 bits per heavy atom. The summed E-state index contributed by atoms with van der Waals surface area (Å²) in [6.07, 6.45) is 2.15. The summed E-state index contributed by atoms with van der Waals surface area (Å²) in [4.78, 5) is 13.8. The molecule has 1 aromatic carbocycles. The van der Waals surface area contributed by atoms with E-state index in [-0.39, 0.29) is 23.4 Å². The van der Waals surface area contributed by atoms with E-state index in [1.165, 1.54) is 0 Å². The van der Waals surface area contributed by atoms with Gasteiger partial charge < -0.3 is 14.8 Å². The summed E-state index contributed by atoms with van der Waals surface area (Å²) in [5.41, 5.74) is -0.0137. The highest BCUT2D eigenvalue weighted by atomic mass is 28.4. The van der Waals surface area contributed by atoms with E-state index in [4.69, 9.17) is 4.43 Å². The summed E-state index contributed by atoms with van der Waals surface area (Å²) in [7, 11) is -2.19. The van der Waals surface area contributed by atoms with Crippen LogP contribution < -0.4 is 5.32 Å². The van der Waals surface area contributed by atoms with E-state index in [9.17, 15) is 9.90 Å². The molecule has 2 rings (SSSR count). The van der Waals surface area contributed by atoms with Gasteiger partial charge in [0.2, 0.25) is 0 Å². The molecule has 4 atom stereocenters. The maximum Gasteiger partial charge on any atom is 0.251 e. The molecule has 0 heterocycles. The highest BCUT2D eigenvalue weighted by Crippen LogP contribution is 2.48. The Hall–Kier alpha value is -1.17. The molecule has 5 heteroatoms. The number of carbonyl (C=O) groups is 1. The lowest BCUT2D eigenvalue weighted by Gasteiger charge is -2.52. The molecule has 0 radical (unpaired) electrons. The van der Waals surface area contributed by atoms with Crippen molar-refractivity contribution in [2.45, 2.75) is 90.6 Å². The quantitative estimate of drug-likeness (QED) is 0.543. The van der Waals surface area contributed by atoms with Crippen molar-refractivity contribution in [1.82, 2.24) is 5.32 Å². The lowest BCUT2D eigenvalue weighted by Crippen LogP contribution is -2.63. The number of amides is 1. The number of aliphatic hydroxyl groups is 1. The third kappa shape index (κ3) is 5.54. The predicted octanol–water partition coefficient (Wildman–Crippen LogP) is 5.69. The third-order valence-corrected chi connectivity index (χ3v) is 11.8. The molecule has 0 spiro atoms. The Bertz CT molecular complexity index is 698. The molecule has 1 amide bonds. The Labute approximate surface area is 184 Å². The summed E-state index contributed by atoms with van der Waals surface area (Å²) in [6.45, 7) is 18.0. The van der Waals surface area contributed by atoms with E-state index >= 15 is 0 Å². The van der Waals surface area contributed by atoms with E-state index in [1.807, 2.05) is 30.3 Å². The predicted molar refractivity (Wildman–Crippen MR) is 127 cm³/mol. The SMILES string of the molecule is CC(C)[C@@H]1CC[C@@H](C)C[C@@]1(O[Si](C)(C)C(C)(C)C)C(=O)NC[C@@H](O)c1ccccc1. The van der Waals surface area contributed by atoms with Crippen LogP contribution >= 0.6 is 0 Å². The average Bonchev–Trinajstić information content (AvgIpc) is 2.64. The number of nitrogens with one attached hydrogen (secondary N) is 1. The van der Waals surface area contributed by atoms with Crippen LogP contribution in [0.25, 0.3) is 0 Å². The molecule has 0 aromatic heterocycles. The van der Waals surface area contributed by atoms with Gasteiger partial charge in [-0.3, -0.25) is 4.79 Å². The molecule has 170 valence electrons. The molecular weight excluding hydrogens is 390 g/mol. The molecule has 1 aliphatic carbocycles. The van der Waals surface area contributed by atoms with Crippen molar-refractivity contribution in [3.8, 4) is 0 Å². The highest BCUT2D eigenvalue weighted by Gasteiger charge is 2.55. The number of aliphatic hydroxyl groups excluding tert-OH is 1. The lowest BCUT2D eigenvalue weighted by atomic mass is 9.66. The van der Waals surface area contributed by atoms with Crippen molar-refractivity contribution in [3.63, 3.8) is 0 Å². The molecule has 0 unspecified atom stereocenters. The van der Waals surface area contributed by atoms with Crippen molar-refractivity contribution >= 4 is 14.2 Å². The smallest absolute Gasteiger partial charge is 0.251 e. The van der Waals surface area contributed by atoms with Crippen LogP contribution in [0, 0.1) is 17.8 Å². The fourth-order valence-electron chi connectivity index (χ4n) is 4.51. The number of hydrogen-bond donors (Lipinski definition) is 2. The summed E-state index contributed by atoms with van der Waals surface area (Å²) < 4.78 is 7.02. The van der Waals surface area contributed by atoms with Crippen LogP contribution in [-0.2, 0) is 9.22 Å². The number of rotatable bonds is 7. The second-order valence-electron chi connectivity index (χ2n) is 11.1. The number of hydrogen-bond acceptors (Lipinski definition) is 3.